The van der Waals surface area contributed by atoms with Crippen LogP contribution in [0.15, 0.2) is 27.0 Å². The van der Waals surface area contributed by atoms with Crippen molar-refractivity contribution in [3.05, 3.63) is 43.5 Å². The van der Waals surface area contributed by atoms with E-state index in [1.165, 1.54) is 0 Å². The van der Waals surface area contributed by atoms with Gasteiger partial charge in [-0.2, -0.15) is 4.31 Å². The Morgan fingerprint density at radius 2 is 1.86 bits per heavy atom. The van der Waals surface area contributed by atoms with Crippen LogP contribution in [0.5, 0.6) is 0 Å². The first-order chi connectivity index (χ1) is 16.7. The normalized spacial score (nSPS) is 35.9. The third-order valence-electron chi connectivity index (χ3n) is 4.95. The van der Waals surface area contributed by atoms with E-state index in [1.807, 2.05) is 4.98 Å². The molecule has 0 radical (unpaired) electrons. The van der Waals surface area contributed by atoms with Gasteiger partial charge in [-0.15, -0.1) is 0 Å². The fourth-order valence-electron chi connectivity index (χ4n) is 3.27. The van der Waals surface area contributed by atoms with Crippen molar-refractivity contribution in [2.75, 3.05) is 13.2 Å². The van der Waals surface area contributed by atoms with Gasteiger partial charge in [0.25, 0.3) is 5.56 Å². The van der Waals surface area contributed by atoms with E-state index in [-0.39, 0.29) is 0 Å². The molecule has 0 aliphatic carbocycles. The van der Waals surface area contributed by atoms with E-state index >= 15 is 0 Å². The van der Waals surface area contributed by atoms with Crippen molar-refractivity contribution in [1.82, 2.24) is 9.55 Å². The molecule has 0 aromatic carbocycles. The fourth-order valence-corrected chi connectivity index (χ4v) is 5.44. The van der Waals surface area contributed by atoms with Gasteiger partial charge in [0.15, 0.2) is 12.5 Å². The summed E-state index contributed by atoms with van der Waals surface area (Å²) >= 11 is 0. The van der Waals surface area contributed by atoms with Crippen molar-refractivity contribution in [2.24, 2.45) is 5.11 Å². The number of aromatic nitrogens is 2. The lowest BCUT2D eigenvalue weighted by atomic mass is 10.0. The van der Waals surface area contributed by atoms with Crippen LogP contribution in [0.3, 0.4) is 0 Å². The minimum Gasteiger partial charge on any atom is -0.390 e. The molecule has 2 unspecified atom stereocenters. The molecule has 2 fully saturated rings. The standard InChI is InChI=1S/C14H21N5O15P2/c15-18-17-8-5(20)3-30-13(10(8)23)33-36(28,29)34-35(26,27)31-4-6-9(22)11(24)12(32-6)19-2-1-7(21)16-14(19)25/h1-2,5-6,8-13,20,22-24H,3-4H2,(H,26,27)(H,28,29)(H,16,21,25)/t5-,6-,8+,9-,10-,11-,12-,13-/m1/s1. The van der Waals surface area contributed by atoms with Gasteiger partial charge in [0.05, 0.1) is 25.4 Å². The van der Waals surface area contributed by atoms with Crippen LogP contribution in [0.1, 0.15) is 6.23 Å². The van der Waals surface area contributed by atoms with Crippen LogP contribution in [0.4, 0.5) is 0 Å². The monoisotopic (exact) mass is 561 g/mol. The molecule has 2 saturated heterocycles. The van der Waals surface area contributed by atoms with E-state index in [0.717, 1.165) is 16.8 Å². The predicted octanol–water partition coefficient (Wildman–Crippen LogP) is -2.84. The summed E-state index contributed by atoms with van der Waals surface area (Å²) in [4.78, 5) is 46.9. The molecule has 0 spiro atoms. The van der Waals surface area contributed by atoms with Crippen molar-refractivity contribution < 1.29 is 62.2 Å². The van der Waals surface area contributed by atoms with Gasteiger partial charge in [-0.05, 0) is 5.53 Å². The molecule has 22 heteroatoms. The Balaban J connectivity index is 1.61. The minimum absolute atomic E-state index is 0.600. The minimum atomic E-state index is -5.52. The highest BCUT2D eigenvalue weighted by molar-refractivity contribution is 7.61. The van der Waals surface area contributed by atoms with Crippen molar-refractivity contribution in [3.63, 3.8) is 0 Å². The average molecular weight is 561 g/mol. The highest BCUT2D eigenvalue weighted by Crippen LogP contribution is 2.61. The number of azide groups is 1. The number of phosphoric ester groups is 2. The maximum atomic E-state index is 12.2. The number of H-pyrrole nitrogens is 1. The molecular formula is C14H21N5O15P2. The molecule has 3 heterocycles. The number of aromatic amines is 1. The first-order valence-electron chi connectivity index (χ1n) is 9.79. The molecular weight excluding hydrogens is 540 g/mol. The molecule has 2 aliphatic rings. The number of hydrogen-bond donors (Lipinski definition) is 7. The average Bonchev–Trinajstić information content (AvgIpc) is 3.05. The molecule has 36 heavy (non-hydrogen) atoms. The first-order valence-corrected chi connectivity index (χ1v) is 12.8. The molecule has 202 valence electrons. The third kappa shape index (κ3) is 6.65. The first kappa shape index (κ1) is 28.6. The molecule has 10 atom stereocenters. The van der Waals surface area contributed by atoms with Crippen LogP contribution in [-0.4, -0.2) is 95.8 Å². The highest BCUT2D eigenvalue weighted by Gasteiger charge is 2.47. The maximum Gasteiger partial charge on any atom is 0.483 e. The van der Waals surface area contributed by atoms with E-state index in [1.54, 1.807) is 0 Å². The van der Waals surface area contributed by atoms with Crippen LogP contribution in [0, 0.1) is 0 Å². The summed E-state index contributed by atoms with van der Waals surface area (Å²) in [6, 6.07) is -0.605. The second kappa shape index (κ2) is 11.2. The fraction of sp³-hybridized carbons (Fsp3) is 0.714. The zero-order chi connectivity index (χ0) is 26.8. The number of ether oxygens (including phenoxy) is 2. The largest absolute Gasteiger partial charge is 0.483 e. The maximum absolute atomic E-state index is 12.2. The Morgan fingerprint density at radius 1 is 1.17 bits per heavy atom. The SMILES string of the molecule is [N-]=[N+]=N[C@@H]1[C@@H](O)[C@@H](OP(=O)(O)OP(=O)(O)OC[C@H]2O[C@@H](n3ccc(=O)[nH]c3=O)[C@H](O)[C@@H]2O)OC[C@H]1O. The second-order valence-corrected chi connectivity index (χ2v) is 10.4. The van der Waals surface area contributed by atoms with Gasteiger partial charge in [0.2, 0.25) is 0 Å². The Hall–Kier alpha value is -1.99. The van der Waals surface area contributed by atoms with Gasteiger partial charge in [-0.3, -0.25) is 23.4 Å². The Labute approximate surface area is 199 Å². The van der Waals surface area contributed by atoms with E-state index in [9.17, 15) is 48.9 Å². The number of nitrogens with zero attached hydrogens (tertiary/aromatic N) is 4. The number of phosphoric acid groups is 2. The number of aliphatic hydroxyl groups excluding tert-OH is 4. The highest BCUT2D eigenvalue weighted by atomic mass is 31.3. The van der Waals surface area contributed by atoms with Gasteiger partial charge >= 0.3 is 21.3 Å². The molecule has 0 amide bonds. The third-order valence-corrected chi connectivity index (χ3v) is 7.55. The van der Waals surface area contributed by atoms with E-state index in [4.69, 9.17) is 15.0 Å². The summed E-state index contributed by atoms with van der Waals surface area (Å²) in [5, 5.41) is 43.0. The van der Waals surface area contributed by atoms with Gasteiger partial charge in [0.1, 0.15) is 24.4 Å². The lowest BCUT2D eigenvalue weighted by Crippen LogP contribution is -2.52. The van der Waals surface area contributed by atoms with Gasteiger partial charge in [0, 0.05) is 17.2 Å². The number of hydrogen-bond acceptors (Lipinski definition) is 14. The molecule has 1 aromatic heterocycles. The molecule has 1 aromatic rings. The van der Waals surface area contributed by atoms with Gasteiger partial charge < -0.3 is 39.7 Å². The second-order valence-electron chi connectivity index (χ2n) is 7.44. The Kier molecular flexibility index (Phi) is 8.87. The van der Waals surface area contributed by atoms with Gasteiger partial charge in [-0.25, -0.2) is 13.9 Å². The van der Waals surface area contributed by atoms with Crippen LogP contribution >= 0.6 is 15.6 Å². The molecule has 0 saturated carbocycles. The topological polar surface area (TPSA) is 305 Å². The van der Waals surface area contributed by atoms with Crippen molar-refractivity contribution in [2.45, 2.75) is 49.1 Å². The number of aliphatic hydroxyl groups is 4. The van der Waals surface area contributed by atoms with Crippen LogP contribution in [0.25, 0.3) is 10.4 Å². The van der Waals surface area contributed by atoms with E-state index < -0.39 is 89.2 Å². The summed E-state index contributed by atoms with van der Waals surface area (Å²) < 4.78 is 48.2. The Bertz CT molecular complexity index is 1200. The molecule has 0 bridgehead atoms. The zero-order valence-corrected chi connectivity index (χ0v) is 19.5. The summed E-state index contributed by atoms with van der Waals surface area (Å²) in [5.41, 5.74) is 6.75. The lowest BCUT2D eigenvalue weighted by molar-refractivity contribution is -0.211. The quantitative estimate of drug-likeness (QED) is 0.0691. The summed E-state index contributed by atoms with van der Waals surface area (Å²) in [6.07, 6.45) is -11.1. The van der Waals surface area contributed by atoms with Crippen molar-refractivity contribution in [3.8, 4) is 0 Å². The zero-order valence-electron chi connectivity index (χ0n) is 17.7. The van der Waals surface area contributed by atoms with E-state index in [2.05, 4.69) is 23.4 Å². The molecule has 20 nitrogen and oxygen atoms in total. The van der Waals surface area contributed by atoms with Crippen LogP contribution in [0.2, 0.25) is 0 Å². The lowest BCUT2D eigenvalue weighted by Gasteiger charge is -2.35. The van der Waals surface area contributed by atoms with Crippen LogP contribution < -0.4 is 11.2 Å². The van der Waals surface area contributed by atoms with Gasteiger partial charge in [-0.1, -0.05) is 5.11 Å². The summed E-state index contributed by atoms with van der Waals surface area (Å²) in [7, 11) is -11.0. The molecule has 7 N–H and O–H groups in total. The molecule has 2 aliphatic heterocycles. The summed E-state index contributed by atoms with van der Waals surface area (Å²) in [6.45, 7) is -1.61. The predicted molar refractivity (Wildman–Crippen MR) is 110 cm³/mol. The van der Waals surface area contributed by atoms with E-state index in [0.29, 0.717) is 0 Å². The number of rotatable bonds is 9. The van der Waals surface area contributed by atoms with Crippen molar-refractivity contribution >= 4 is 15.6 Å². The van der Waals surface area contributed by atoms with Crippen molar-refractivity contribution in [1.29, 1.82) is 0 Å². The summed E-state index contributed by atoms with van der Waals surface area (Å²) in [5.74, 6) is 0. The Morgan fingerprint density at radius 3 is 2.50 bits per heavy atom. The number of nitrogens with one attached hydrogen (secondary N) is 1. The molecule has 3 rings (SSSR count). The smallest absolute Gasteiger partial charge is 0.390 e. The van der Waals surface area contributed by atoms with Crippen LogP contribution in [-0.2, 0) is 32.0 Å².